The molecule has 1 N–H and O–H groups in total. The minimum absolute atomic E-state index is 0.105. The van der Waals surface area contributed by atoms with Gasteiger partial charge in [-0.25, -0.2) is 12.8 Å². The summed E-state index contributed by atoms with van der Waals surface area (Å²) in [6.45, 7) is 0.279. The lowest BCUT2D eigenvalue weighted by Gasteiger charge is -2.19. The van der Waals surface area contributed by atoms with Crippen molar-refractivity contribution in [3.05, 3.63) is 95.3 Å². The number of hydrogen-bond donors (Lipinski definition) is 1. The van der Waals surface area contributed by atoms with Gasteiger partial charge in [0.15, 0.2) is 0 Å². The molecule has 0 aliphatic heterocycles. The molecule has 3 aromatic carbocycles. The molecule has 1 amide bonds. The molecule has 0 bridgehead atoms. The molecule has 8 heteroatoms. The summed E-state index contributed by atoms with van der Waals surface area (Å²) in [5, 5.41) is 2.67. The second-order valence-electron chi connectivity index (χ2n) is 6.92. The van der Waals surface area contributed by atoms with E-state index in [1.807, 2.05) is 30.3 Å². The van der Waals surface area contributed by atoms with Gasteiger partial charge in [0.25, 0.3) is 5.91 Å². The van der Waals surface area contributed by atoms with Gasteiger partial charge in [0.05, 0.1) is 7.11 Å². The van der Waals surface area contributed by atoms with Crippen LogP contribution < -0.4 is 10.1 Å². The molecule has 6 nitrogen and oxygen atoms in total. The Morgan fingerprint density at radius 1 is 1.00 bits per heavy atom. The number of halogens is 1. The third-order valence-corrected chi connectivity index (χ3v) is 6.53. The number of amides is 1. The van der Waals surface area contributed by atoms with Gasteiger partial charge in [-0.1, -0.05) is 42.5 Å². The lowest BCUT2D eigenvalue weighted by atomic mass is 10.2. The number of nitrogens with zero attached hydrogens (tertiary/aromatic N) is 1. The van der Waals surface area contributed by atoms with E-state index in [0.29, 0.717) is 5.56 Å². The van der Waals surface area contributed by atoms with Crippen molar-refractivity contribution in [1.82, 2.24) is 9.62 Å². The summed E-state index contributed by atoms with van der Waals surface area (Å²) in [6.07, 6.45) is 0. The smallest absolute Gasteiger partial charge is 0.251 e. The molecule has 0 heterocycles. The Bertz CT molecular complexity index is 1170. The number of ether oxygens (including phenoxy) is 1. The normalized spacial score (nSPS) is 11.4. The summed E-state index contributed by atoms with van der Waals surface area (Å²) < 4.78 is 46.1. The summed E-state index contributed by atoms with van der Waals surface area (Å²) in [4.78, 5) is 12.5. The molecule has 0 fully saturated rings. The summed E-state index contributed by atoms with van der Waals surface area (Å²) in [6, 6.07) is 19.3. The molecule has 0 saturated heterocycles. The number of benzene rings is 3. The van der Waals surface area contributed by atoms with Crippen LogP contribution in [0.25, 0.3) is 0 Å². The number of carbonyl (C=O) groups excluding carboxylic acids is 1. The molecule has 0 unspecified atom stereocenters. The van der Waals surface area contributed by atoms with Gasteiger partial charge >= 0.3 is 0 Å². The zero-order chi connectivity index (χ0) is 22.4. The molecule has 0 radical (unpaired) electrons. The van der Waals surface area contributed by atoms with E-state index in [1.54, 1.807) is 12.1 Å². The van der Waals surface area contributed by atoms with Gasteiger partial charge in [0.2, 0.25) is 10.0 Å². The first-order chi connectivity index (χ1) is 14.8. The first-order valence-electron chi connectivity index (χ1n) is 9.52. The Labute approximate surface area is 181 Å². The number of sulfonamides is 1. The minimum Gasteiger partial charge on any atom is -0.495 e. The van der Waals surface area contributed by atoms with Crippen LogP contribution in [0, 0.1) is 5.82 Å². The largest absolute Gasteiger partial charge is 0.495 e. The van der Waals surface area contributed by atoms with Crippen LogP contribution in [-0.4, -0.2) is 32.8 Å². The van der Waals surface area contributed by atoms with Crippen LogP contribution in [0.1, 0.15) is 21.5 Å². The maximum absolute atomic E-state index is 13.3. The van der Waals surface area contributed by atoms with Crippen molar-refractivity contribution in [2.24, 2.45) is 0 Å². The highest BCUT2D eigenvalue weighted by molar-refractivity contribution is 7.89. The number of hydrogen-bond acceptors (Lipinski definition) is 4. The Morgan fingerprint density at radius 2 is 1.71 bits per heavy atom. The third kappa shape index (κ3) is 5.48. The van der Waals surface area contributed by atoms with Gasteiger partial charge in [-0.15, -0.1) is 0 Å². The van der Waals surface area contributed by atoms with Crippen LogP contribution >= 0.6 is 0 Å². The second kappa shape index (κ2) is 9.72. The van der Waals surface area contributed by atoms with Crippen molar-refractivity contribution in [2.75, 3.05) is 14.2 Å². The maximum atomic E-state index is 13.3. The third-order valence-electron chi connectivity index (χ3n) is 4.70. The van der Waals surface area contributed by atoms with Crippen molar-refractivity contribution in [3.8, 4) is 5.75 Å². The Hall–Kier alpha value is -3.23. The highest BCUT2D eigenvalue weighted by atomic mass is 32.2. The fourth-order valence-electron chi connectivity index (χ4n) is 3.04. The molecule has 162 valence electrons. The number of methoxy groups -OCH3 is 1. The molecule has 3 aromatic rings. The fourth-order valence-corrected chi connectivity index (χ4v) is 4.38. The predicted molar refractivity (Wildman–Crippen MR) is 116 cm³/mol. The monoisotopic (exact) mass is 442 g/mol. The van der Waals surface area contributed by atoms with E-state index in [1.165, 1.54) is 48.8 Å². The summed E-state index contributed by atoms with van der Waals surface area (Å²) >= 11 is 0. The van der Waals surface area contributed by atoms with Gasteiger partial charge in [-0.3, -0.25) is 4.79 Å². The zero-order valence-corrected chi connectivity index (χ0v) is 18.0. The fraction of sp³-hybridized carbons (Fsp3) is 0.174. The predicted octanol–water partition coefficient (Wildman–Crippen LogP) is 3.59. The van der Waals surface area contributed by atoms with Gasteiger partial charge in [-0.05, 0) is 41.5 Å². The summed E-state index contributed by atoms with van der Waals surface area (Å²) in [5.74, 6) is -0.735. The van der Waals surface area contributed by atoms with E-state index >= 15 is 0 Å². The second-order valence-corrected chi connectivity index (χ2v) is 8.94. The van der Waals surface area contributed by atoms with E-state index in [0.717, 1.165) is 5.56 Å². The maximum Gasteiger partial charge on any atom is 0.251 e. The molecule has 0 aromatic heterocycles. The molecule has 0 atom stereocenters. The molecule has 0 aliphatic rings. The van der Waals surface area contributed by atoms with E-state index < -0.39 is 21.7 Å². The van der Waals surface area contributed by atoms with Gasteiger partial charge in [0.1, 0.15) is 16.5 Å². The lowest BCUT2D eigenvalue weighted by molar-refractivity contribution is 0.0950. The van der Waals surface area contributed by atoms with Crippen molar-refractivity contribution in [3.63, 3.8) is 0 Å². The Kier molecular flexibility index (Phi) is 7.04. The molecular weight excluding hydrogens is 419 g/mol. The topological polar surface area (TPSA) is 75.7 Å². The summed E-state index contributed by atoms with van der Waals surface area (Å²) in [7, 11) is -1.09. The van der Waals surface area contributed by atoms with Crippen molar-refractivity contribution in [1.29, 1.82) is 0 Å². The Balaban J connectivity index is 1.82. The highest BCUT2D eigenvalue weighted by Crippen LogP contribution is 2.28. The average molecular weight is 443 g/mol. The van der Waals surface area contributed by atoms with Crippen LogP contribution in [-0.2, 0) is 23.1 Å². The minimum atomic E-state index is -3.93. The Morgan fingerprint density at radius 3 is 2.39 bits per heavy atom. The molecule has 3 rings (SSSR count). The van der Waals surface area contributed by atoms with Crippen LogP contribution in [0.15, 0.2) is 77.7 Å². The number of carbonyl (C=O) groups is 1. The van der Waals surface area contributed by atoms with Gasteiger partial charge in [0, 0.05) is 25.7 Å². The lowest BCUT2D eigenvalue weighted by Crippen LogP contribution is -2.28. The highest BCUT2D eigenvalue weighted by Gasteiger charge is 2.26. The molecule has 0 saturated carbocycles. The number of nitrogens with one attached hydrogen (secondary N) is 1. The SMILES string of the molecule is COc1ccc(C(=O)NCc2cccc(F)c2)cc1S(=O)(=O)N(C)Cc1ccccc1. The number of rotatable bonds is 8. The van der Waals surface area contributed by atoms with Crippen molar-refractivity contribution >= 4 is 15.9 Å². The first-order valence-corrected chi connectivity index (χ1v) is 11.0. The van der Waals surface area contributed by atoms with E-state index in [4.69, 9.17) is 4.74 Å². The standard InChI is InChI=1S/C23H23FN2O4S/c1-26(16-17-7-4-3-5-8-17)31(28,29)22-14-19(11-12-21(22)30-2)23(27)25-15-18-9-6-10-20(24)13-18/h3-14H,15-16H2,1-2H3,(H,25,27). The molecule has 31 heavy (non-hydrogen) atoms. The summed E-state index contributed by atoms with van der Waals surface area (Å²) in [5.41, 5.74) is 1.58. The molecule has 0 spiro atoms. The van der Waals surface area contributed by atoms with E-state index in [9.17, 15) is 17.6 Å². The molecule has 0 aliphatic carbocycles. The van der Waals surface area contributed by atoms with Gasteiger partial charge < -0.3 is 10.1 Å². The van der Waals surface area contributed by atoms with Crippen molar-refractivity contribution < 1.29 is 22.3 Å². The van der Waals surface area contributed by atoms with Crippen molar-refractivity contribution in [2.45, 2.75) is 18.0 Å². The van der Waals surface area contributed by atoms with Crippen LogP contribution in [0.3, 0.4) is 0 Å². The quantitative estimate of drug-likeness (QED) is 0.579. The zero-order valence-electron chi connectivity index (χ0n) is 17.2. The molecular formula is C23H23FN2O4S. The van der Waals surface area contributed by atoms with Crippen LogP contribution in [0.5, 0.6) is 5.75 Å². The first kappa shape index (κ1) is 22.5. The average Bonchev–Trinajstić information content (AvgIpc) is 2.77. The van der Waals surface area contributed by atoms with Crippen LogP contribution in [0.2, 0.25) is 0 Å². The van der Waals surface area contributed by atoms with Crippen LogP contribution in [0.4, 0.5) is 4.39 Å². The van der Waals surface area contributed by atoms with Gasteiger partial charge in [-0.2, -0.15) is 4.31 Å². The van der Waals surface area contributed by atoms with E-state index in [-0.39, 0.29) is 29.3 Å². The van der Waals surface area contributed by atoms with E-state index in [2.05, 4.69) is 5.32 Å².